The highest BCUT2D eigenvalue weighted by Gasteiger charge is 2.26. The molecule has 0 spiro atoms. The number of sulfone groups is 1. The Kier molecular flexibility index (Phi) is 6.56. The van der Waals surface area contributed by atoms with Crippen LogP contribution in [0.3, 0.4) is 0 Å². The van der Waals surface area contributed by atoms with E-state index in [1.54, 1.807) is 19.9 Å². The number of alkyl halides is 1. The number of halogens is 1. The molecule has 1 atom stereocenters. The van der Waals surface area contributed by atoms with Crippen LogP contribution in [0.2, 0.25) is 0 Å². The first-order chi connectivity index (χ1) is 9.38. The van der Waals surface area contributed by atoms with Crippen LogP contribution < -0.4 is 4.74 Å². The second-order valence-electron chi connectivity index (χ2n) is 4.00. The fourth-order valence-electron chi connectivity index (χ4n) is 1.53. The first-order valence-electron chi connectivity index (χ1n) is 5.51. The number of methoxy groups -OCH3 is 1. The van der Waals surface area contributed by atoms with Gasteiger partial charge in [0.2, 0.25) is 0 Å². The topological polar surface area (TPSA) is 82.1 Å². The van der Waals surface area contributed by atoms with Crippen LogP contribution in [0.15, 0.2) is 21.9 Å². The van der Waals surface area contributed by atoms with E-state index in [1.807, 2.05) is 0 Å². The zero-order valence-corrected chi connectivity index (χ0v) is 13.5. The SMILES string of the molecule is COc1cc(S(=O)(=O)C(C)CCl)c(C)cc1SOOO. The second-order valence-corrected chi connectivity index (χ2v) is 7.39. The van der Waals surface area contributed by atoms with Gasteiger partial charge in [0.1, 0.15) is 5.75 Å². The quantitative estimate of drug-likeness (QED) is 0.353. The van der Waals surface area contributed by atoms with E-state index in [9.17, 15) is 8.42 Å². The van der Waals surface area contributed by atoms with Crippen molar-refractivity contribution in [1.29, 1.82) is 0 Å². The summed E-state index contributed by atoms with van der Waals surface area (Å²) in [5, 5.41) is 11.0. The standard InChI is InChI=1S/C11H15ClO6S2/c1-7-4-10(19-18-17-13)9(16-3)5-11(7)20(14,15)8(2)6-12/h4-5,8,13H,6H2,1-3H3. The lowest BCUT2D eigenvalue weighted by Crippen LogP contribution is -2.20. The minimum absolute atomic E-state index is 0.00204. The van der Waals surface area contributed by atoms with Crippen LogP contribution in [0.1, 0.15) is 12.5 Å². The number of ether oxygens (including phenoxy) is 1. The van der Waals surface area contributed by atoms with Crippen molar-refractivity contribution >= 4 is 33.5 Å². The summed E-state index contributed by atoms with van der Waals surface area (Å²) in [6.07, 6.45) is 0. The van der Waals surface area contributed by atoms with Crippen molar-refractivity contribution in [3.63, 3.8) is 0 Å². The Morgan fingerprint density at radius 3 is 2.60 bits per heavy atom. The van der Waals surface area contributed by atoms with Gasteiger partial charge in [-0.25, -0.2) is 13.7 Å². The fraction of sp³-hybridized carbons (Fsp3) is 0.455. The maximum atomic E-state index is 12.3. The van der Waals surface area contributed by atoms with Crippen molar-refractivity contribution in [3.8, 4) is 5.75 Å². The molecule has 20 heavy (non-hydrogen) atoms. The Hall–Kier alpha value is -0.510. The van der Waals surface area contributed by atoms with Crippen molar-refractivity contribution in [1.82, 2.24) is 0 Å². The summed E-state index contributed by atoms with van der Waals surface area (Å²) in [7, 11) is -2.13. The van der Waals surface area contributed by atoms with Gasteiger partial charge in [-0.3, -0.25) is 0 Å². The van der Waals surface area contributed by atoms with Gasteiger partial charge in [-0.15, -0.1) is 15.9 Å². The Morgan fingerprint density at radius 1 is 1.45 bits per heavy atom. The number of hydrogen-bond acceptors (Lipinski definition) is 7. The molecule has 1 aromatic carbocycles. The molecule has 0 fully saturated rings. The lowest BCUT2D eigenvalue weighted by Gasteiger charge is -2.15. The molecule has 0 saturated carbocycles. The zero-order valence-electron chi connectivity index (χ0n) is 11.1. The average Bonchev–Trinajstić information content (AvgIpc) is 2.43. The van der Waals surface area contributed by atoms with E-state index in [-0.39, 0.29) is 16.5 Å². The number of hydrogen-bond donors (Lipinski definition) is 1. The molecule has 1 N–H and O–H groups in total. The summed E-state index contributed by atoms with van der Waals surface area (Å²) >= 11 is 6.33. The molecule has 0 heterocycles. The predicted octanol–water partition coefficient (Wildman–Crippen LogP) is 2.83. The number of aryl methyl sites for hydroxylation is 1. The van der Waals surface area contributed by atoms with Crippen LogP contribution in [0.4, 0.5) is 0 Å². The van der Waals surface area contributed by atoms with Crippen LogP contribution in [-0.4, -0.2) is 31.9 Å². The van der Waals surface area contributed by atoms with E-state index in [1.165, 1.54) is 13.2 Å². The first kappa shape index (κ1) is 17.5. The third-order valence-electron chi connectivity index (χ3n) is 2.67. The van der Waals surface area contributed by atoms with Crippen molar-refractivity contribution < 1.29 is 27.8 Å². The van der Waals surface area contributed by atoms with Crippen LogP contribution in [-0.2, 0) is 19.2 Å². The van der Waals surface area contributed by atoms with Gasteiger partial charge in [-0.05, 0) is 25.5 Å². The van der Waals surface area contributed by atoms with E-state index < -0.39 is 15.1 Å². The Bertz CT molecular complexity index is 560. The number of rotatable bonds is 7. The average molecular weight is 343 g/mol. The van der Waals surface area contributed by atoms with Gasteiger partial charge in [0.15, 0.2) is 9.84 Å². The summed E-state index contributed by atoms with van der Waals surface area (Å²) in [6.45, 7) is 3.19. The molecule has 0 aromatic heterocycles. The highest BCUT2D eigenvalue weighted by atomic mass is 35.5. The van der Waals surface area contributed by atoms with Gasteiger partial charge in [0, 0.05) is 11.9 Å². The molecule has 1 unspecified atom stereocenters. The molecule has 0 aliphatic carbocycles. The first-order valence-corrected chi connectivity index (χ1v) is 8.34. The van der Waals surface area contributed by atoms with Gasteiger partial charge in [-0.2, -0.15) is 0 Å². The molecule has 1 rings (SSSR count). The summed E-state index contributed by atoms with van der Waals surface area (Å²) < 4.78 is 34.1. The normalized spacial score (nSPS) is 13.2. The summed E-state index contributed by atoms with van der Waals surface area (Å²) in [6, 6.07) is 2.97. The molecule has 6 nitrogen and oxygen atoms in total. The maximum absolute atomic E-state index is 12.3. The van der Waals surface area contributed by atoms with E-state index in [0.29, 0.717) is 22.5 Å². The molecule has 0 bridgehead atoms. The number of benzene rings is 1. The third kappa shape index (κ3) is 3.78. The largest absolute Gasteiger partial charge is 0.495 e. The predicted molar refractivity (Wildman–Crippen MR) is 75.8 cm³/mol. The smallest absolute Gasteiger partial charge is 0.182 e. The molecular formula is C11H15ClO6S2. The van der Waals surface area contributed by atoms with Gasteiger partial charge in [0.25, 0.3) is 0 Å². The van der Waals surface area contributed by atoms with Crippen LogP contribution in [0.25, 0.3) is 0 Å². The van der Waals surface area contributed by atoms with E-state index >= 15 is 0 Å². The van der Waals surface area contributed by atoms with Gasteiger partial charge in [-0.1, -0.05) is 5.04 Å². The Morgan fingerprint density at radius 2 is 2.10 bits per heavy atom. The van der Waals surface area contributed by atoms with Gasteiger partial charge >= 0.3 is 0 Å². The van der Waals surface area contributed by atoms with Crippen LogP contribution >= 0.6 is 23.6 Å². The fourth-order valence-corrected chi connectivity index (χ4v) is 3.95. The maximum Gasteiger partial charge on any atom is 0.182 e. The molecule has 0 aliphatic heterocycles. The van der Waals surface area contributed by atoms with E-state index in [2.05, 4.69) is 9.37 Å². The van der Waals surface area contributed by atoms with Crippen molar-refractivity contribution in [2.45, 2.75) is 28.9 Å². The Balaban J connectivity index is 3.30. The molecule has 0 radical (unpaired) electrons. The second kappa shape index (κ2) is 7.48. The molecule has 0 amide bonds. The summed E-state index contributed by atoms with van der Waals surface area (Å²) in [5.74, 6) is 0.292. The molecule has 9 heteroatoms. The van der Waals surface area contributed by atoms with Crippen molar-refractivity contribution in [2.75, 3.05) is 13.0 Å². The molecule has 1 aromatic rings. The summed E-state index contributed by atoms with van der Waals surface area (Å²) in [5.41, 5.74) is 0.520. The highest BCUT2D eigenvalue weighted by Crippen LogP contribution is 2.35. The third-order valence-corrected chi connectivity index (χ3v) is 6.22. The Labute approximate surface area is 127 Å². The monoisotopic (exact) mass is 342 g/mol. The van der Waals surface area contributed by atoms with Crippen molar-refractivity contribution in [3.05, 3.63) is 17.7 Å². The van der Waals surface area contributed by atoms with Gasteiger partial charge < -0.3 is 4.74 Å². The minimum atomic E-state index is -3.53. The lowest BCUT2D eigenvalue weighted by molar-refractivity contribution is -0.432. The lowest BCUT2D eigenvalue weighted by atomic mass is 10.2. The van der Waals surface area contributed by atoms with E-state index in [4.69, 9.17) is 21.6 Å². The van der Waals surface area contributed by atoms with Crippen molar-refractivity contribution in [2.24, 2.45) is 0 Å². The van der Waals surface area contributed by atoms with E-state index in [0.717, 1.165) is 0 Å². The summed E-state index contributed by atoms with van der Waals surface area (Å²) in [4.78, 5) is 0.619. The zero-order chi connectivity index (χ0) is 15.3. The highest BCUT2D eigenvalue weighted by molar-refractivity contribution is 7.94. The van der Waals surface area contributed by atoms with Gasteiger partial charge in [0.05, 0.1) is 34.2 Å². The van der Waals surface area contributed by atoms with Crippen LogP contribution in [0.5, 0.6) is 5.75 Å². The molecular weight excluding hydrogens is 328 g/mol. The molecule has 114 valence electrons. The van der Waals surface area contributed by atoms with Crippen LogP contribution in [0, 0.1) is 6.92 Å². The molecule has 0 aliphatic rings. The molecule has 0 saturated heterocycles. The minimum Gasteiger partial charge on any atom is -0.495 e.